The van der Waals surface area contributed by atoms with Gasteiger partial charge in [-0.3, -0.25) is 4.79 Å². The molecular formula is C11H15NO2S. The molecule has 0 aromatic heterocycles. The number of carboxylic acid groups (broad SMARTS) is 1. The van der Waals surface area contributed by atoms with Crippen LogP contribution >= 0.6 is 11.8 Å². The van der Waals surface area contributed by atoms with Crippen LogP contribution in [0.5, 0.6) is 0 Å². The second-order valence-electron chi connectivity index (χ2n) is 3.49. The molecule has 1 aromatic rings. The van der Waals surface area contributed by atoms with Gasteiger partial charge < -0.3 is 10.8 Å². The monoisotopic (exact) mass is 225 g/mol. The molecule has 0 saturated carbocycles. The molecule has 0 bridgehead atoms. The molecule has 2 atom stereocenters. The SMILES string of the molecule is CC(Sc1ccccc1N)C(C)C(=O)O. The maximum Gasteiger partial charge on any atom is 0.307 e. The van der Waals surface area contributed by atoms with E-state index in [2.05, 4.69) is 0 Å². The van der Waals surface area contributed by atoms with Crippen molar-refractivity contribution in [2.45, 2.75) is 24.0 Å². The van der Waals surface area contributed by atoms with E-state index in [4.69, 9.17) is 10.8 Å². The van der Waals surface area contributed by atoms with Crippen molar-refractivity contribution < 1.29 is 9.90 Å². The third kappa shape index (κ3) is 3.16. The molecule has 0 saturated heterocycles. The first-order chi connectivity index (χ1) is 7.02. The van der Waals surface area contributed by atoms with Crippen LogP contribution < -0.4 is 5.73 Å². The smallest absolute Gasteiger partial charge is 0.307 e. The Morgan fingerprint density at radius 2 is 2.00 bits per heavy atom. The number of nitrogen functional groups attached to an aromatic ring is 1. The van der Waals surface area contributed by atoms with Gasteiger partial charge in [-0.05, 0) is 12.1 Å². The molecule has 0 radical (unpaired) electrons. The van der Waals surface area contributed by atoms with Crippen LogP contribution in [0.3, 0.4) is 0 Å². The van der Waals surface area contributed by atoms with Gasteiger partial charge in [-0.15, -0.1) is 11.8 Å². The summed E-state index contributed by atoms with van der Waals surface area (Å²) in [4.78, 5) is 11.7. The zero-order chi connectivity index (χ0) is 11.4. The Balaban J connectivity index is 2.70. The Hall–Kier alpha value is -1.16. The van der Waals surface area contributed by atoms with Gasteiger partial charge in [0, 0.05) is 15.8 Å². The molecule has 0 aliphatic rings. The standard InChI is InChI=1S/C11H15NO2S/c1-7(11(13)14)8(2)15-10-6-4-3-5-9(10)12/h3-8H,12H2,1-2H3,(H,13,14). The van der Waals surface area contributed by atoms with Gasteiger partial charge in [0.15, 0.2) is 0 Å². The normalized spacial score (nSPS) is 14.5. The largest absolute Gasteiger partial charge is 0.481 e. The molecule has 0 heterocycles. The lowest BCUT2D eigenvalue weighted by Crippen LogP contribution is -2.20. The van der Waals surface area contributed by atoms with E-state index in [1.54, 1.807) is 6.92 Å². The van der Waals surface area contributed by atoms with Crippen LogP contribution in [-0.2, 0) is 4.79 Å². The lowest BCUT2D eigenvalue weighted by Gasteiger charge is -2.16. The van der Waals surface area contributed by atoms with Gasteiger partial charge in [0.1, 0.15) is 0 Å². The van der Waals surface area contributed by atoms with Crippen molar-refractivity contribution in [3.05, 3.63) is 24.3 Å². The summed E-state index contributed by atoms with van der Waals surface area (Å²) in [6.07, 6.45) is 0. The van der Waals surface area contributed by atoms with E-state index in [1.807, 2.05) is 31.2 Å². The number of carbonyl (C=O) groups is 1. The van der Waals surface area contributed by atoms with Crippen LogP contribution in [0.25, 0.3) is 0 Å². The van der Waals surface area contributed by atoms with Gasteiger partial charge in [0.05, 0.1) is 5.92 Å². The molecule has 0 fully saturated rings. The molecule has 2 unspecified atom stereocenters. The topological polar surface area (TPSA) is 63.3 Å². The van der Waals surface area contributed by atoms with E-state index in [0.717, 1.165) is 4.90 Å². The Morgan fingerprint density at radius 1 is 1.40 bits per heavy atom. The van der Waals surface area contributed by atoms with Gasteiger partial charge in [0.25, 0.3) is 0 Å². The highest BCUT2D eigenvalue weighted by molar-refractivity contribution is 8.00. The van der Waals surface area contributed by atoms with Crippen LogP contribution in [0.4, 0.5) is 5.69 Å². The van der Waals surface area contributed by atoms with Crippen LogP contribution in [0.15, 0.2) is 29.2 Å². The Labute approximate surface area is 93.7 Å². The van der Waals surface area contributed by atoms with Crippen molar-refractivity contribution in [3.8, 4) is 0 Å². The Bertz CT molecular complexity index is 354. The van der Waals surface area contributed by atoms with Gasteiger partial charge in [0.2, 0.25) is 0 Å². The van der Waals surface area contributed by atoms with E-state index >= 15 is 0 Å². The molecule has 0 aliphatic heterocycles. The molecule has 0 aliphatic carbocycles. The number of benzene rings is 1. The molecular weight excluding hydrogens is 210 g/mol. The average Bonchev–Trinajstić information content (AvgIpc) is 2.20. The van der Waals surface area contributed by atoms with Gasteiger partial charge in [-0.25, -0.2) is 0 Å². The van der Waals surface area contributed by atoms with Crippen molar-refractivity contribution in [1.29, 1.82) is 0 Å². The van der Waals surface area contributed by atoms with E-state index in [1.165, 1.54) is 11.8 Å². The van der Waals surface area contributed by atoms with Crippen LogP contribution in [0, 0.1) is 5.92 Å². The molecule has 4 heteroatoms. The van der Waals surface area contributed by atoms with Crippen molar-refractivity contribution >= 4 is 23.4 Å². The minimum Gasteiger partial charge on any atom is -0.481 e. The van der Waals surface area contributed by atoms with E-state index in [0.29, 0.717) is 5.69 Å². The van der Waals surface area contributed by atoms with Crippen LogP contribution in [0.2, 0.25) is 0 Å². The number of thioether (sulfide) groups is 1. The Kier molecular flexibility index (Phi) is 4.03. The van der Waals surface area contributed by atoms with Gasteiger partial charge in [-0.1, -0.05) is 26.0 Å². The van der Waals surface area contributed by atoms with Crippen LogP contribution in [0.1, 0.15) is 13.8 Å². The quantitative estimate of drug-likeness (QED) is 0.610. The van der Waals surface area contributed by atoms with E-state index in [-0.39, 0.29) is 11.2 Å². The zero-order valence-corrected chi connectivity index (χ0v) is 9.62. The molecule has 0 amide bonds. The lowest BCUT2D eigenvalue weighted by molar-refractivity contribution is -0.140. The highest BCUT2D eigenvalue weighted by atomic mass is 32.2. The number of nitrogens with two attached hydrogens (primary N) is 1. The van der Waals surface area contributed by atoms with Crippen molar-refractivity contribution in [2.24, 2.45) is 5.92 Å². The van der Waals surface area contributed by atoms with Gasteiger partial charge >= 0.3 is 5.97 Å². The summed E-state index contributed by atoms with van der Waals surface area (Å²) in [5.41, 5.74) is 6.48. The summed E-state index contributed by atoms with van der Waals surface area (Å²) in [7, 11) is 0. The maximum absolute atomic E-state index is 10.8. The summed E-state index contributed by atoms with van der Waals surface area (Å²) in [6.45, 7) is 3.61. The van der Waals surface area contributed by atoms with E-state index < -0.39 is 5.97 Å². The fourth-order valence-corrected chi connectivity index (χ4v) is 2.17. The number of hydrogen-bond acceptors (Lipinski definition) is 3. The summed E-state index contributed by atoms with van der Waals surface area (Å²) >= 11 is 1.50. The predicted octanol–water partition coefficient (Wildman–Crippen LogP) is 2.47. The predicted molar refractivity (Wildman–Crippen MR) is 63.0 cm³/mol. The Morgan fingerprint density at radius 3 is 2.53 bits per heavy atom. The molecule has 1 aromatic carbocycles. The third-order valence-electron chi connectivity index (χ3n) is 2.33. The number of aliphatic carboxylic acids is 1. The highest BCUT2D eigenvalue weighted by Gasteiger charge is 2.20. The van der Waals surface area contributed by atoms with Crippen LogP contribution in [-0.4, -0.2) is 16.3 Å². The first-order valence-corrected chi connectivity index (χ1v) is 5.64. The molecule has 0 spiro atoms. The molecule has 3 N–H and O–H groups in total. The minimum atomic E-state index is -0.774. The van der Waals surface area contributed by atoms with E-state index in [9.17, 15) is 4.79 Å². The minimum absolute atomic E-state index is 0.00667. The zero-order valence-electron chi connectivity index (χ0n) is 8.81. The van der Waals surface area contributed by atoms with Crippen molar-refractivity contribution in [1.82, 2.24) is 0 Å². The summed E-state index contributed by atoms with van der Waals surface area (Å²) in [5.74, 6) is -1.15. The van der Waals surface area contributed by atoms with Crippen molar-refractivity contribution in [3.63, 3.8) is 0 Å². The number of carboxylic acids is 1. The summed E-state index contributed by atoms with van der Waals surface area (Å²) in [6, 6.07) is 7.49. The number of para-hydroxylation sites is 1. The maximum atomic E-state index is 10.8. The second-order valence-corrected chi connectivity index (χ2v) is 4.91. The fraction of sp³-hybridized carbons (Fsp3) is 0.364. The first-order valence-electron chi connectivity index (χ1n) is 4.76. The second kappa shape index (κ2) is 5.07. The number of hydrogen-bond donors (Lipinski definition) is 2. The average molecular weight is 225 g/mol. The first kappa shape index (κ1) is 11.9. The number of rotatable bonds is 4. The van der Waals surface area contributed by atoms with Crippen molar-refractivity contribution in [2.75, 3.05) is 5.73 Å². The molecule has 15 heavy (non-hydrogen) atoms. The molecule has 82 valence electrons. The fourth-order valence-electron chi connectivity index (χ4n) is 1.09. The third-order valence-corrected chi connectivity index (χ3v) is 3.73. The summed E-state index contributed by atoms with van der Waals surface area (Å²) < 4.78 is 0. The molecule has 3 nitrogen and oxygen atoms in total. The van der Waals surface area contributed by atoms with Gasteiger partial charge in [-0.2, -0.15) is 0 Å². The molecule has 1 rings (SSSR count). The summed E-state index contributed by atoms with van der Waals surface area (Å²) in [5, 5.41) is 8.86. The lowest BCUT2D eigenvalue weighted by atomic mass is 10.1. The highest BCUT2D eigenvalue weighted by Crippen LogP contribution is 2.31. The number of anilines is 1.